The first kappa shape index (κ1) is 19.6. The van der Waals surface area contributed by atoms with Crippen molar-refractivity contribution in [1.29, 1.82) is 0 Å². The second kappa shape index (κ2) is 7.72. The Morgan fingerprint density at radius 3 is 2.52 bits per heavy atom. The van der Waals surface area contributed by atoms with Crippen LogP contribution in [0.3, 0.4) is 0 Å². The van der Waals surface area contributed by atoms with Crippen LogP contribution < -0.4 is 5.32 Å². The third-order valence-corrected chi connectivity index (χ3v) is 6.40. The van der Waals surface area contributed by atoms with Gasteiger partial charge >= 0.3 is 0 Å². The van der Waals surface area contributed by atoms with E-state index in [-0.39, 0.29) is 5.91 Å². The summed E-state index contributed by atoms with van der Waals surface area (Å²) in [4.78, 5) is 13.6. The number of hydrogen-bond donors (Lipinski definition) is 1. The topological polar surface area (TPSA) is 67.5 Å². The number of piperidine rings is 1. The molecule has 7 nitrogen and oxygen atoms in total. The van der Waals surface area contributed by atoms with E-state index in [2.05, 4.69) is 67.8 Å². The normalized spacial score (nSPS) is 15.1. The lowest BCUT2D eigenvalue weighted by atomic mass is 10.0. The molecule has 3 aromatic heterocycles. The molecule has 5 rings (SSSR count). The van der Waals surface area contributed by atoms with E-state index in [1.54, 1.807) is 6.92 Å². The number of fused-ring (bicyclic) bond motifs is 3. The Morgan fingerprint density at radius 2 is 1.81 bits per heavy atom. The van der Waals surface area contributed by atoms with Crippen molar-refractivity contribution in [2.45, 2.75) is 46.2 Å². The average Bonchev–Trinajstić information content (AvgIpc) is 3.30. The fraction of sp³-hybridized carbons (Fsp3) is 0.375. The molecular formula is C24H28N6O. The van der Waals surface area contributed by atoms with E-state index in [0.717, 1.165) is 55.2 Å². The smallest absolute Gasteiger partial charge is 0.219 e. The van der Waals surface area contributed by atoms with Crippen LogP contribution in [0.15, 0.2) is 42.5 Å². The van der Waals surface area contributed by atoms with Crippen LogP contribution >= 0.6 is 0 Å². The van der Waals surface area contributed by atoms with Gasteiger partial charge in [0.1, 0.15) is 5.82 Å². The van der Waals surface area contributed by atoms with Crippen LogP contribution in [-0.4, -0.2) is 49.1 Å². The lowest BCUT2D eigenvalue weighted by Crippen LogP contribution is -2.41. The molecule has 31 heavy (non-hydrogen) atoms. The van der Waals surface area contributed by atoms with Gasteiger partial charge in [0, 0.05) is 38.3 Å². The number of aryl methyl sites for hydroxylation is 2. The summed E-state index contributed by atoms with van der Waals surface area (Å²) in [5.41, 5.74) is 6.64. The van der Waals surface area contributed by atoms with Gasteiger partial charge in [0.25, 0.3) is 0 Å². The molecule has 4 heterocycles. The average molecular weight is 417 g/mol. The highest BCUT2D eigenvalue weighted by Crippen LogP contribution is 2.30. The molecule has 7 heteroatoms. The fourth-order valence-electron chi connectivity index (χ4n) is 4.68. The zero-order chi connectivity index (χ0) is 21.5. The van der Waals surface area contributed by atoms with E-state index in [1.165, 1.54) is 16.8 Å². The van der Waals surface area contributed by atoms with Crippen LogP contribution in [0, 0.1) is 13.8 Å². The molecule has 1 amide bonds. The van der Waals surface area contributed by atoms with Crippen molar-refractivity contribution >= 4 is 28.3 Å². The first-order valence-electron chi connectivity index (χ1n) is 10.9. The first-order chi connectivity index (χ1) is 15.0. The third kappa shape index (κ3) is 3.54. The van der Waals surface area contributed by atoms with E-state index < -0.39 is 0 Å². The van der Waals surface area contributed by atoms with Crippen LogP contribution in [0.5, 0.6) is 0 Å². The summed E-state index contributed by atoms with van der Waals surface area (Å²) in [6, 6.07) is 15.3. The number of benzene rings is 1. The number of aromatic nitrogens is 4. The van der Waals surface area contributed by atoms with Gasteiger partial charge in [-0.3, -0.25) is 9.20 Å². The lowest BCUT2D eigenvalue weighted by Gasteiger charge is -2.32. The summed E-state index contributed by atoms with van der Waals surface area (Å²) in [7, 11) is 0. The van der Waals surface area contributed by atoms with Crippen LogP contribution in [0.2, 0.25) is 0 Å². The standard InChI is InChI=1S/C24H28N6O/c1-16-13-23-22(29(16)15-19-7-5-4-6-8-19)14-21(24-27-26-17(2)30(23)24)25-20-9-11-28(12-10-20)18(3)31/h4-8,13-14,20,25H,9-12,15H2,1-3H3. The highest BCUT2D eigenvalue weighted by molar-refractivity contribution is 5.88. The molecule has 1 aromatic carbocycles. The summed E-state index contributed by atoms with van der Waals surface area (Å²) < 4.78 is 4.50. The van der Waals surface area contributed by atoms with Crippen LogP contribution in [0.25, 0.3) is 16.7 Å². The Labute approximate surface area is 181 Å². The number of nitrogens with zero attached hydrogens (tertiary/aromatic N) is 5. The number of carbonyl (C=O) groups excluding carboxylic acids is 1. The summed E-state index contributed by atoms with van der Waals surface area (Å²) in [6.07, 6.45) is 1.86. The van der Waals surface area contributed by atoms with Gasteiger partial charge in [-0.1, -0.05) is 30.3 Å². The number of rotatable bonds is 4. The number of anilines is 1. The molecule has 1 aliphatic rings. The number of carbonyl (C=O) groups is 1. The number of hydrogen-bond acceptors (Lipinski definition) is 4. The Hall–Kier alpha value is -3.35. The minimum absolute atomic E-state index is 0.157. The molecule has 0 radical (unpaired) electrons. The second-order valence-electron chi connectivity index (χ2n) is 8.52. The van der Waals surface area contributed by atoms with Gasteiger partial charge in [0.05, 0.1) is 16.7 Å². The molecule has 0 spiro atoms. The summed E-state index contributed by atoms with van der Waals surface area (Å²) in [5, 5.41) is 12.6. The van der Waals surface area contributed by atoms with Crippen molar-refractivity contribution in [3.05, 3.63) is 59.5 Å². The number of nitrogens with one attached hydrogen (secondary N) is 1. The molecule has 0 unspecified atom stereocenters. The van der Waals surface area contributed by atoms with Crippen molar-refractivity contribution in [3.63, 3.8) is 0 Å². The van der Waals surface area contributed by atoms with Gasteiger partial charge in [0.2, 0.25) is 5.91 Å². The SMILES string of the molecule is CC(=O)N1CCC(Nc2cc3c(cc(C)n3Cc3ccccc3)n3c(C)nnc23)CC1. The molecule has 0 atom stereocenters. The largest absolute Gasteiger partial charge is 0.379 e. The zero-order valence-corrected chi connectivity index (χ0v) is 18.3. The molecule has 1 aliphatic heterocycles. The molecule has 0 saturated carbocycles. The maximum Gasteiger partial charge on any atom is 0.219 e. The lowest BCUT2D eigenvalue weighted by molar-refractivity contribution is -0.129. The monoisotopic (exact) mass is 416 g/mol. The predicted molar refractivity (Wildman–Crippen MR) is 122 cm³/mol. The van der Waals surface area contributed by atoms with Crippen molar-refractivity contribution < 1.29 is 4.79 Å². The third-order valence-electron chi connectivity index (χ3n) is 6.40. The van der Waals surface area contributed by atoms with Crippen LogP contribution in [-0.2, 0) is 11.3 Å². The van der Waals surface area contributed by atoms with E-state index in [9.17, 15) is 4.79 Å². The van der Waals surface area contributed by atoms with Crippen molar-refractivity contribution in [2.24, 2.45) is 0 Å². The molecular weight excluding hydrogens is 388 g/mol. The maximum atomic E-state index is 11.7. The quantitative estimate of drug-likeness (QED) is 0.550. The number of likely N-dealkylation sites (tertiary alicyclic amines) is 1. The molecule has 4 aromatic rings. The van der Waals surface area contributed by atoms with E-state index >= 15 is 0 Å². The molecule has 160 valence electrons. The van der Waals surface area contributed by atoms with Crippen molar-refractivity contribution in [2.75, 3.05) is 18.4 Å². The van der Waals surface area contributed by atoms with Crippen LogP contribution in [0.1, 0.15) is 36.8 Å². The van der Waals surface area contributed by atoms with Crippen molar-refractivity contribution in [1.82, 2.24) is 24.1 Å². The molecule has 0 bridgehead atoms. The number of amides is 1. The molecule has 1 N–H and O–H groups in total. The van der Waals surface area contributed by atoms with Gasteiger partial charge in [-0.15, -0.1) is 10.2 Å². The van der Waals surface area contributed by atoms with Gasteiger partial charge < -0.3 is 14.8 Å². The van der Waals surface area contributed by atoms with E-state index in [0.29, 0.717) is 6.04 Å². The highest BCUT2D eigenvalue weighted by atomic mass is 16.2. The fourth-order valence-corrected chi connectivity index (χ4v) is 4.68. The van der Waals surface area contributed by atoms with E-state index in [1.807, 2.05) is 17.9 Å². The molecule has 1 fully saturated rings. The molecule has 0 aliphatic carbocycles. The van der Waals surface area contributed by atoms with Gasteiger partial charge in [-0.25, -0.2) is 0 Å². The predicted octanol–water partition coefficient (Wildman–Crippen LogP) is 3.77. The Kier molecular flexibility index (Phi) is 4.88. The summed E-state index contributed by atoms with van der Waals surface area (Å²) >= 11 is 0. The second-order valence-corrected chi connectivity index (χ2v) is 8.52. The minimum Gasteiger partial charge on any atom is -0.379 e. The minimum atomic E-state index is 0.157. The number of pyridine rings is 1. The van der Waals surface area contributed by atoms with Gasteiger partial charge in [0.15, 0.2) is 5.65 Å². The zero-order valence-electron chi connectivity index (χ0n) is 18.3. The van der Waals surface area contributed by atoms with E-state index in [4.69, 9.17) is 0 Å². The Morgan fingerprint density at radius 1 is 1.06 bits per heavy atom. The summed E-state index contributed by atoms with van der Waals surface area (Å²) in [5.74, 6) is 1.04. The first-order valence-corrected chi connectivity index (χ1v) is 10.9. The maximum absolute atomic E-state index is 11.7. The highest BCUT2D eigenvalue weighted by Gasteiger charge is 2.23. The molecule has 1 saturated heterocycles. The Bertz CT molecular complexity index is 1250. The van der Waals surface area contributed by atoms with Gasteiger partial charge in [-0.05, 0) is 44.4 Å². The van der Waals surface area contributed by atoms with Crippen molar-refractivity contribution in [3.8, 4) is 0 Å². The summed E-state index contributed by atoms with van der Waals surface area (Å²) in [6.45, 7) is 8.20. The Balaban J connectivity index is 1.55. The van der Waals surface area contributed by atoms with Crippen LogP contribution in [0.4, 0.5) is 5.69 Å². The van der Waals surface area contributed by atoms with Gasteiger partial charge in [-0.2, -0.15) is 0 Å².